The van der Waals surface area contributed by atoms with E-state index in [2.05, 4.69) is 5.10 Å². The number of rotatable bonds is 6. The lowest BCUT2D eigenvalue weighted by Gasteiger charge is -2.24. The van der Waals surface area contributed by atoms with Crippen LogP contribution in [0.1, 0.15) is 26.5 Å². The van der Waals surface area contributed by atoms with Gasteiger partial charge in [0.2, 0.25) is 0 Å². The lowest BCUT2D eigenvalue weighted by Crippen LogP contribution is -2.41. The number of carbonyl (C=O) groups excluding carboxylic acids is 2. The average molecular weight is 268 g/mol. The van der Waals surface area contributed by atoms with Gasteiger partial charge in [-0.3, -0.25) is 14.3 Å². The van der Waals surface area contributed by atoms with Gasteiger partial charge in [-0.15, -0.1) is 0 Å². The van der Waals surface area contributed by atoms with Crippen molar-refractivity contribution in [2.75, 3.05) is 13.2 Å². The van der Waals surface area contributed by atoms with Crippen molar-refractivity contribution >= 4 is 11.9 Å². The molecule has 1 aromatic heterocycles. The van der Waals surface area contributed by atoms with Crippen LogP contribution < -0.4 is 0 Å². The van der Waals surface area contributed by atoms with E-state index in [-0.39, 0.29) is 19.6 Å². The third-order valence-corrected chi connectivity index (χ3v) is 2.76. The molecule has 0 N–H and O–H groups in total. The van der Waals surface area contributed by atoms with Crippen LogP contribution in [0.15, 0.2) is 12.3 Å². The highest BCUT2D eigenvalue weighted by Gasteiger charge is 2.44. The van der Waals surface area contributed by atoms with E-state index in [1.807, 2.05) is 0 Å². The molecule has 0 spiro atoms. The standard InChI is InChI=1S/C13H20N2O4/c1-5-18-11(16)13(3,12(17)19-6-2)9-10-7-8-15(4)14-10/h7-8H,5-6,9H2,1-4H3. The van der Waals surface area contributed by atoms with E-state index in [1.165, 1.54) is 6.92 Å². The minimum Gasteiger partial charge on any atom is -0.465 e. The molecule has 1 rings (SSSR count). The van der Waals surface area contributed by atoms with Crippen LogP contribution in [0.2, 0.25) is 0 Å². The molecule has 6 heteroatoms. The summed E-state index contributed by atoms with van der Waals surface area (Å²) in [6.45, 7) is 5.36. The number of aryl methyl sites for hydroxylation is 1. The van der Waals surface area contributed by atoms with Crippen molar-refractivity contribution in [1.82, 2.24) is 9.78 Å². The summed E-state index contributed by atoms with van der Waals surface area (Å²) in [6.07, 6.45) is 1.91. The van der Waals surface area contributed by atoms with E-state index in [4.69, 9.17) is 9.47 Å². The molecule has 0 aliphatic rings. The zero-order chi connectivity index (χ0) is 14.5. The Morgan fingerprint density at radius 1 is 1.26 bits per heavy atom. The molecule has 0 aromatic carbocycles. The Morgan fingerprint density at radius 2 is 1.79 bits per heavy atom. The molecule has 1 aromatic rings. The summed E-state index contributed by atoms with van der Waals surface area (Å²) in [5.41, 5.74) is -0.716. The van der Waals surface area contributed by atoms with Gasteiger partial charge in [-0.05, 0) is 26.8 Å². The van der Waals surface area contributed by atoms with Crippen molar-refractivity contribution in [3.8, 4) is 0 Å². The van der Waals surface area contributed by atoms with Crippen LogP contribution in [-0.2, 0) is 32.5 Å². The largest absolute Gasteiger partial charge is 0.465 e. The first-order chi connectivity index (χ1) is 8.93. The Bertz CT molecular complexity index is 435. The van der Waals surface area contributed by atoms with E-state index < -0.39 is 17.4 Å². The predicted octanol–water partition coefficient (Wildman–Crippen LogP) is 1.10. The monoisotopic (exact) mass is 268 g/mol. The maximum atomic E-state index is 12.0. The Hall–Kier alpha value is -1.85. The minimum absolute atomic E-state index is 0.158. The number of hydrogen-bond donors (Lipinski definition) is 0. The average Bonchev–Trinajstić information content (AvgIpc) is 2.75. The van der Waals surface area contributed by atoms with Gasteiger partial charge in [-0.25, -0.2) is 0 Å². The lowest BCUT2D eigenvalue weighted by atomic mass is 9.85. The molecule has 0 radical (unpaired) electrons. The summed E-state index contributed by atoms with van der Waals surface area (Å²) in [7, 11) is 1.77. The fourth-order valence-corrected chi connectivity index (χ4v) is 1.73. The predicted molar refractivity (Wildman–Crippen MR) is 68.3 cm³/mol. The van der Waals surface area contributed by atoms with Crippen molar-refractivity contribution in [1.29, 1.82) is 0 Å². The first kappa shape index (κ1) is 15.2. The van der Waals surface area contributed by atoms with Gasteiger partial charge in [0, 0.05) is 19.7 Å². The molecular weight excluding hydrogens is 248 g/mol. The highest BCUT2D eigenvalue weighted by molar-refractivity contribution is 5.99. The summed E-state index contributed by atoms with van der Waals surface area (Å²) in [5, 5.41) is 4.18. The van der Waals surface area contributed by atoms with Crippen LogP contribution in [0.3, 0.4) is 0 Å². The van der Waals surface area contributed by atoms with Crippen LogP contribution in [0.5, 0.6) is 0 Å². The molecule has 0 saturated heterocycles. The molecule has 0 aliphatic heterocycles. The molecule has 19 heavy (non-hydrogen) atoms. The topological polar surface area (TPSA) is 70.4 Å². The van der Waals surface area contributed by atoms with Crippen molar-refractivity contribution in [2.24, 2.45) is 12.5 Å². The molecule has 0 amide bonds. The highest BCUT2D eigenvalue weighted by atomic mass is 16.6. The normalized spacial score (nSPS) is 11.2. The van der Waals surface area contributed by atoms with Gasteiger partial charge >= 0.3 is 11.9 Å². The molecular formula is C13H20N2O4. The fraction of sp³-hybridized carbons (Fsp3) is 0.615. The number of nitrogens with zero attached hydrogens (tertiary/aromatic N) is 2. The Morgan fingerprint density at radius 3 is 2.16 bits per heavy atom. The number of ether oxygens (including phenoxy) is 2. The third-order valence-electron chi connectivity index (χ3n) is 2.76. The van der Waals surface area contributed by atoms with Crippen molar-refractivity contribution in [3.05, 3.63) is 18.0 Å². The SMILES string of the molecule is CCOC(=O)C(C)(Cc1ccn(C)n1)C(=O)OCC. The van der Waals surface area contributed by atoms with E-state index in [0.717, 1.165) is 0 Å². The number of aromatic nitrogens is 2. The van der Waals surface area contributed by atoms with Gasteiger partial charge in [0.05, 0.1) is 18.9 Å². The molecule has 0 unspecified atom stereocenters. The molecule has 0 aliphatic carbocycles. The van der Waals surface area contributed by atoms with Crippen molar-refractivity contribution < 1.29 is 19.1 Å². The third kappa shape index (κ3) is 3.56. The summed E-state index contributed by atoms with van der Waals surface area (Å²) < 4.78 is 11.6. The van der Waals surface area contributed by atoms with E-state index in [0.29, 0.717) is 5.69 Å². The second kappa shape index (κ2) is 6.36. The molecule has 106 valence electrons. The van der Waals surface area contributed by atoms with Gasteiger partial charge < -0.3 is 9.47 Å². The lowest BCUT2D eigenvalue weighted by molar-refractivity contribution is -0.170. The van der Waals surface area contributed by atoms with E-state index >= 15 is 0 Å². The van der Waals surface area contributed by atoms with Gasteiger partial charge in [0.1, 0.15) is 0 Å². The molecule has 0 bridgehead atoms. The maximum Gasteiger partial charge on any atom is 0.323 e. The van der Waals surface area contributed by atoms with Crippen molar-refractivity contribution in [2.45, 2.75) is 27.2 Å². The zero-order valence-electron chi connectivity index (χ0n) is 11.8. The van der Waals surface area contributed by atoms with Gasteiger partial charge in [0.25, 0.3) is 0 Å². The van der Waals surface area contributed by atoms with E-state index in [9.17, 15) is 9.59 Å². The van der Waals surface area contributed by atoms with E-state index in [1.54, 1.807) is 37.8 Å². The van der Waals surface area contributed by atoms with Crippen LogP contribution in [0, 0.1) is 5.41 Å². The fourth-order valence-electron chi connectivity index (χ4n) is 1.73. The van der Waals surface area contributed by atoms with Gasteiger partial charge in [-0.1, -0.05) is 0 Å². The Balaban J connectivity index is 2.97. The Kier molecular flexibility index (Phi) is 5.09. The minimum atomic E-state index is -1.36. The van der Waals surface area contributed by atoms with Gasteiger partial charge in [0.15, 0.2) is 5.41 Å². The Labute approximate surface area is 112 Å². The zero-order valence-corrected chi connectivity index (χ0v) is 11.8. The number of esters is 2. The maximum absolute atomic E-state index is 12.0. The van der Waals surface area contributed by atoms with Crippen LogP contribution in [0.25, 0.3) is 0 Å². The molecule has 0 fully saturated rings. The molecule has 6 nitrogen and oxygen atoms in total. The highest BCUT2D eigenvalue weighted by Crippen LogP contribution is 2.26. The summed E-state index contributed by atoms with van der Waals surface area (Å²) in [5.74, 6) is -1.17. The number of hydrogen-bond acceptors (Lipinski definition) is 5. The van der Waals surface area contributed by atoms with Gasteiger partial charge in [-0.2, -0.15) is 5.10 Å². The summed E-state index contributed by atoms with van der Waals surface area (Å²) >= 11 is 0. The first-order valence-electron chi connectivity index (χ1n) is 6.27. The van der Waals surface area contributed by atoms with Crippen molar-refractivity contribution in [3.63, 3.8) is 0 Å². The molecule has 0 saturated carbocycles. The second-order valence-corrected chi connectivity index (χ2v) is 4.43. The quantitative estimate of drug-likeness (QED) is 0.570. The second-order valence-electron chi connectivity index (χ2n) is 4.43. The number of carbonyl (C=O) groups is 2. The summed E-state index contributed by atoms with van der Waals surface area (Å²) in [4.78, 5) is 24.1. The molecule has 1 heterocycles. The molecule has 0 atom stereocenters. The van der Waals surface area contributed by atoms with Crippen LogP contribution >= 0.6 is 0 Å². The first-order valence-corrected chi connectivity index (χ1v) is 6.27. The summed E-state index contributed by atoms with van der Waals surface area (Å²) in [6, 6.07) is 1.76. The van der Waals surface area contributed by atoms with Crippen LogP contribution in [0.4, 0.5) is 0 Å². The van der Waals surface area contributed by atoms with Crippen LogP contribution in [-0.4, -0.2) is 34.9 Å². The smallest absolute Gasteiger partial charge is 0.323 e.